The molecule has 0 saturated carbocycles. The quantitative estimate of drug-likeness (QED) is 0.367. The Balaban J connectivity index is 1.21. The number of aryl methyl sites for hydroxylation is 1. The topological polar surface area (TPSA) is 59.7 Å². The van der Waals surface area contributed by atoms with Crippen molar-refractivity contribution < 1.29 is 9.53 Å². The molecule has 5 rings (SSSR count). The molecule has 3 heterocycles. The SMILES string of the molecule is Cc1ccc2nc(COc3ccc(C(=O)N(C)Cc4nc5ccccc5s4)cc3)cn2c1. The number of carbonyl (C=O) groups excluding carboxylic acids is 1. The number of nitrogens with zero attached hydrogens (tertiary/aromatic N) is 4. The maximum atomic E-state index is 12.8. The molecule has 6 nitrogen and oxygen atoms in total. The highest BCUT2D eigenvalue weighted by Crippen LogP contribution is 2.23. The van der Waals surface area contributed by atoms with Gasteiger partial charge in [0.15, 0.2) is 0 Å². The van der Waals surface area contributed by atoms with E-state index in [1.54, 1.807) is 35.4 Å². The highest BCUT2D eigenvalue weighted by Gasteiger charge is 2.14. The lowest BCUT2D eigenvalue weighted by molar-refractivity contribution is 0.0785. The number of rotatable bonds is 6. The Morgan fingerprint density at radius 3 is 2.66 bits per heavy atom. The summed E-state index contributed by atoms with van der Waals surface area (Å²) < 4.78 is 8.99. The first kappa shape index (κ1) is 20.2. The molecule has 0 aliphatic rings. The van der Waals surface area contributed by atoms with E-state index in [9.17, 15) is 4.79 Å². The summed E-state index contributed by atoms with van der Waals surface area (Å²) in [5, 5.41) is 0.921. The molecule has 0 atom stereocenters. The third-order valence-corrected chi connectivity index (χ3v) is 6.22. The Labute approximate surface area is 189 Å². The summed E-state index contributed by atoms with van der Waals surface area (Å²) in [4.78, 5) is 23.7. The summed E-state index contributed by atoms with van der Waals surface area (Å²) >= 11 is 1.61. The van der Waals surface area contributed by atoms with Gasteiger partial charge in [0.05, 0.1) is 22.5 Å². The van der Waals surface area contributed by atoms with Crippen molar-refractivity contribution in [1.29, 1.82) is 0 Å². The maximum Gasteiger partial charge on any atom is 0.253 e. The number of hydrogen-bond donors (Lipinski definition) is 0. The summed E-state index contributed by atoms with van der Waals surface area (Å²) in [6.07, 6.45) is 4.01. The Bertz CT molecular complexity index is 1370. The number of amides is 1. The smallest absolute Gasteiger partial charge is 0.253 e. The Hall–Kier alpha value is -3.71. The van der Waals surface area contributed by atoms with E-state index in [2.05, 4.69) is 16.9 Å². The van der Waals surface area contributed by atoms with Gasteiger partial charge >= 0.3 is 0 Å². The van der Waals surface area contributed by atoms with Crippen molar-refractivity contribution in [2.45, 2.75) is 20.1 Å². The van der Waals surface area contributed by atoms with Crippen LogP contribution in [0.1, 0.15) is 26.6 Å². The zero-order valence-corrected chi connectivity index (χ0v) is 18.7. The predicted octanol–water partition coefficient (Wildman–Crippen LogP) is 5.10. The summed E-state index contributed by atoms with van der Waals surface area (Å²) in [6.45, 7) is 2.89. The predicted molar refractivity (Wildman–Crippen MR) is 126 cm³/mol. The zero-order valence-electron chi connectivity index (χ0n) is 17.9. The van der Waals surface area contributed by atoms with Crippen molar-refractivity contribution in [2.24, 2.45) is 0 Å². The van der Waals surface area contributed by atoms with Gasteiger partial charge in [-0.1, -0.05) is 18.2 Å². The molecule has 0 N–H and O–H groups in total. The fourth-order valence-corrected chi connectivity index (χ4v) is 4.58. The number of thiazole rings is 1. The van der Waals surface area contributed by atoms with Crippen molar-refractivity contribution in [3.63, 3.8) is 0 Å². The second kappa shape index (κ2) is 8.43. The second-order valence-corrected chi connectivity index (χ2v) is 8.87. The van der Waals surface area contributed by atoms with Gasteiger partial charge in [-0.25, -0.2) is 9.97 Å². The Morgan fingerprint density at radius 2 is 1.84 bits per heavy atom. The molecule has 5 aromatic rings. The lowest BCUT2D eigenvalue weighted by Gasteiger charge is -2.16. The average molecular weight is 443 g/mol. The van der Waals surface area contributed by atoms with Gasteiger partial charge in [-0.3, -0.25) is 4.79 Å². The molecule has 0 fully saturated rings. The van der Waals surface area contributed by atoms with Gasteiger partial charge in [0.1, 0.15) is 23.0 Å². The summed E-state index contributed by atoms with van der Waals surface area (Å²) in [7, 11) is 1.80. The number of hydrogen-bond acceptors (Lipinski definition) is 5. The molecule has 32 heavy (non-hydrogen) atoms. The van der Waals surface area contributed by atoms with Crippen molar-refractivity contribution in [3.8, 4) is 5.75 Å². The molecule has 3 aromatic heterocycles. The number of pyridine rings is 1. The van der Waals surface area contributed by atoms with E-state index in [1.807, 2.05) is 65.3 Å². The minimum Gasteiger partial charge on any atom is -0.487 e. The molecule has 7 heteroatoms. The number of ether oxygens (including phenoxy) is 1. The molecule has 2 aromatic carbocycles. The number of imidazole rings is 1. The van der Waals surface area contributed by atoms with Crippen LogP contribution < -0.4 is 4.74 Å². The van der Waals surface area contributed by atoms with Gasteiger partial charge in [0.2, 0.25) is 0 Å². The molecule has 160 valence electrons. The van der Waals surface area contributed by atoms with Gasteiger partial charge < -0.3 is 14.0 Å². The number of fused-ring (bicyclic) bond motifs is 2. The van der Waals surface area contributed by atoms with Crippen LogP contribution in [0, 0.1) is 6.92 Å². The average Bonchev–Trinajstić information content (AvgIpc) is 3.40. The van der Waals surface area contributed by atoms with Gasteiger partial charge in [-0.2, -0.15) is 0 Å². The Morgan fingerprint density at radius 1 is 1.03 bits per heavy atom. The third-order valence-electron chi connectivity index (χ3n) is 5.19. The van der Waals surface area contributed by atoms with Gasteiger partial charge in [0.25, 0.3) is 5.91 Å². The molecular weight excluding hydrogens is 420 g/mol. The first-order chi connectivity index (χ1) is 15.5. The van der Waals surface area contributed by atoms with Gasteiger partial charge in [-0.05, 0) is 55.0 Å². The molecule has 0 spiro atoms. The monoisotopic (exact) mass is 442 g/mol. The van der Waals surface area contributed by atoms with Crippen molar-refractivity contribution in [3.05, 3.63) is 94.9 Å². The number of benzene rings is 2. The lowest BCUT2D eigenvalue weighted by atomic mass is 10.2. The van der Waals surface area contributed by atoms with Crippen LogP contribution in [-0.4, -0.2) is 32.2 Å². The van der Waals surface area contributed by atoms with Crippen molar-refractivity contribution in [1.82, 2.24) is 19.3 Å². The van der Waals surface area contributed by atoms with Crippen LogP contribution in [0.2, 0.25) is 0 Å². The van der Waals surface area contributed by atoms with Crippen LogP contribution in [0.25, 0.3) is 15.9 Å². The minimum absolute atomic E-state index is 0.0495. The standard InChI is InChI=1S/C25H22N4O2S/c1-17-7-12-23-26-19(14-29(23)13-17)16-31-20-10-8-18(9-11-20)25(30)28(2)15-24-27-21-5-3-4-6-22(21)32-24/h3-14H,15-16H2,1-2H3. The first-order valence-electron chi connectivity index (χ1n) is 10.3. The molecule has 0 saturated heterocycles. The van der Waals surface area contributed by atoms with E-state index >= 15 is 0 Å². The molecule has 0 unspecified atom stereocenters. The van der Waals surface area contributed by atoms with E-state index in [1.165, 1.54) is 5.56 Å². The summed E-state index contributed by atoms with van der Waals surface area (Å²) in [6, 6.07) is 19.3. The van der Waals surface area contributed by atoms with Crippen LogP contribution >= 0.6 is 11.3 Å². The molecule has 0 aliphatic carbocycles. The molecule has 0 bridgehead atoms. The van der Waals surface area contributed by atoms with Crippen molar-refractivity contribution in [2.75, 3.05) is 7.05 Å². The molecular formula is C25H22N4O2S. The molecule has 1 amide bonds. The molecule has 0 aliphatic heterocycles. The fraction of sp³-hybridized carbons (Fsp3) is 0.160. The van der Waals surface area contributed by atoms with Crippen molar-refractivity contribution >= 4 is 33.1 Å². The third kappa shape index (κ3) is 4.20. The van der Waals surface area contributed by atoms with Crippen LogP contribution in [0.5, 0.6) is 5.75 Å². The number of para-hydroxylation sites is 1. The first-order valence-corrected chi connectivity index (χ1v) is 11.1. The summed E-state index contributed by atoms with van der Waals surface area (Å²) in [5.41, 5.74) is 4.51. The van der Waals surface area contributed by atoms with E-state index in [0.29, 0.717) is 24.5 Å². The highest BCUT2D eigenvalue weighted by atomic mass is 32.1. The normalized spacial score (nSPS) is 11.2. The largest absolute Gasteiger partial charge is 0.487 e. The molecule has 0 radical (unpaired) electrons. The Kier molecular flexibility index (Phi) is 5.33. The van der Waals surface area contributed by atoms with E-state index in [0.717, 1.165) is 26.6 Å². The number of aromatic nitrogens is 3. The van der Waals surface area contributed by atoms with Crippen LogP contribution in [0.3, 0.4) is 0 Å². The van der Waals surface area contributed by atoms with Crippen LogP contribution in [0.4, 0.5) is 0 Å². The summed E-state index contributed by atoms with van der Waals surface area (Å²) in [5.74, 6) is 0.648. The lowest BCUT2D eigenvalue weighted by Crippen LogP contribution is -2.26. The number of carbonyl (C=O) groups is 1. The van der Waals surface area contributed by atoms with Gasteiger partial charge in [-0.15, -0.1) is 11.3 Å². The van der Waals surface area contributed by atoms with E-state index < -0.39 is 0 Å². The fourth-order valence-electron chi connectivity index (χ4n) is 3.56. The maximum absolute atomic E-state index is 12.8. The van der Waals surface area contributed by atoms with Crippen LogP contribution in [-0.2, 0) is 13.2 Å². The zero-order chi connectivity index (χ0) is 22.1. The van der Waals surface area contributed by atoms with E-state index in [-0.39, 0.29) is 5.91 Å². The minimum atomic E-state index is -0.0495. The van der Waals surface area contributed by atoms with Crippen LogP contribution in [0.15, 0.2) is 73.1 Å². The highest BCUT2D eigenvalue weighted by molar-refractivity contribution is 7.18. The van der Waals surface area contributed by atoms with E-state index in [4.69, 9.17) is 4.74 Å². The second-order valence-electron chi connectivity index (χ2n) is 7.75. The van der Waals surface area contributed by atoms with Gasteiger partial charge in [0, 0.05) is 25.0 Å².